The smallest absolute Gasteiger partial charge is 0.307 e. The topological polar surface area (TPSA) is 57.6 Å². The number of aliphatic carboxylic acids is 1. The van der Waals surface area contributed by atoms with E-state index in [-0.39, 0.29) is 23.7 Å². The van der Waals surface area contributed by atoms with E-state index in [1.54, 1.807) is 0 Å². The van der Waals surface area contributed by atoms with Crippen LogP contribution in [0.2, 0.25) is 0 Å². The van der Waals surface area contributed by atoms with Crippen LogP contribution in [0.3, 0.4) is 0 Å². The molecule has 0 spiro atoms. The Labute approximate surface area is 118 Å². The fraction of sp³-hybridized carbons (Fsp3) is 0.750. The van der Waals surface area contributed by atoms with Crippen molar-refractivity contribution in [3.63, 3.8) is 0 Å². The first-order chi connectivity index (χ1) is 9.65. The van der Waals surface area contributed by atoms with Crippen LogP contribution in [0.1, 0.15) is 25.7 Å². The summed E-state index contributed by atoms with van der Waals surface area (Å²) in [6, 6.07) is 0. The van der Waals surface area contributed by atoms with Gasteiger partial charge in [-0.05, 0) is 42.9 Å². The van der Waals surface area contributed by atoms with Crippen LogP contribution in [0, 0.1) is 35.5 Å². The van der Waals surface area contributed by atoms with E-state index in [0.717, 1.165) is 19.5 Å². The Balaban J connectivity index is 1.53. The highest BCUT2D eigenvalue weighted by molar-refractivity contribution is 5.87. The van der Waals surface area contributed by atoms with E-state index < -0.39 is 11.9 Å². The molecule has 6 unspecified atom stereocenters. The van der Waals surface area contributed by atoms with E-state index in [4.69, 9.17) is 0 Å². The van der Waals surface area contributed by atoms with Crippen molar-refractivity contribution in [2.24, 2.45) is 35.5 Å². The number of hydrogen-bond acceptors (Lipinski definition) is 2. The predicted molar refractivity (Wildman–Crippen MR) is 72.8 cm³/mol. The third kappa shape index (κ3) is 1.66. The summed E-state index contributed by atoms with van der Waals surface area (Å²) in [4.78, 5) is 26.3. The van der Waals surface area contributed by atoms with Crippen molar-refractivity contribution in [2.75, 3.05) is 13.1 Å². The van der Waals surface area contributed by atoms with Crippen LogP contribution in [0.5, 0.6) is 0 Å². The maximum Gasteiger partial charge on any atom is 0.307 e. The third-order valence-electron chi connectivity index (χ3n) is 6.07. The normalized spacial score (nSPS) is 45.1. The summed E-state index contributed by atoms with van der Waals surface area (Å²) in [6.07, 6.45) is 8.72. The monoisotopic (exact) mass is 275 g/mol. The zero-order valence-electron chi connectivity index (χ0n) is 11.6. The number of carboxylic acid groups (broad SMARTS) is 1. The van der Waals surface area contributed by atoms with Gasteiger partial charge in [0.15, 0.2) is 0 Å². The summed E-state index contributed by atoms with van der Waals surface area (Å²) in [5.41, 5.74) is 0. The van der Waals surface area contributed by atoms with Crippen molar-refractivity contribution in [1.29, 1.82) is 0 Å². The average Bonchev–Trinajstić information content (AvgIpc) is 3.14. The number of carbonyl (C=O) groups is 2. The standard InChI is InChI=1S/C16H21NO3/c18-15(17-7-11-2-1-3-12(11)8-17)13-9-4-5-10(6-9)14(13)16(19)20/h4-5,9-14H,1-3,6-8H2,(H,19,20). The molecule has 0 radical (unpaired) electrons. The Hall–Kier alpha value is -1.32. The summed E-state index contributed by atoms with van der Waals surface area (Å²) in [5.74, 6) is 0.123. The molecule has 4 heteroatoms. The highest BCUT2D eigenvalue weighted by Gasteiger charge is 2.53. The van der Waals surface area contributed by atoms with Gasteiger partial charge in [-0.1, -0.05) is 18.6 Å². The lowest BCUT2D eigenvalue weighted by Crippen LogP contribution is -2.42. The number of carboxylic acids is 1. The molecule has 6 atom stereocenters. The van der Waals surface area contributed by atoms with Crippen LogP contribution in [0.25, 0.3) is 0 Å². The number of hydrogen-bond donors (Lipinski definition) is 1. The Kier molecular flexibility index (Phi) is 2.69. The molecule has 108 valence electrons. The molecular weight excluding hydrogens is 254 g/mol. The molecule has 1 heterocycles. The van der Waals surface area contributed by atoms with Crippen molar-refractivity contribution >= 4 is 11.9 Å². The first-order valence-electron chi connectivity index (χ1n) is 7.85. The molecule has 1 saturated heterocycles. The summed E-state index contributed by atoms with van der Waals surface area (Å²) >= 11 is 0. The van der Waals surface area contributed by atoms with Crippen LogP contribution in [0.15, 0.2) is 12.2 Å². The molecule has 1 amide bonds. The lowest BCUT2D eigenvalue weighted by Gasteiger charge is -2.28. The van der Waals surface area contributed by atoms with Gasteiger partial charge >= 0.3 is 5.97 Å². The fourth-order valence-corrected chi connectivity index (χ4v) is 5.12. The molecule has 1 N–H and O–H groups in total. The van der Waals surface area contributed by atoms with Crippen LogP contribution < -0.4 is 0 Å². The predicted octanol–water partition coefficient (Wildman–Crippen LogP) is 1.77. The van der Waals surface area contributed by atoms with E-state index in [1.807, 2.05) is 11.0 Å². The van der Waals surface area contributed by atoms with E-state index in [1.165, 1.54) is 19.3 Å². The van der Waals surface area contributed by atoms with E-state index >= 15 is 0 Å². The highest BCUT2D eigenvalue weighted by Crippen LogP contribution is 2.49. The Bertz CT molecular complexity index is 474. The molecule has 0 aromatic carbocycles. The van der Waals surface area contributed by atoms with Gasteiger partial charge in [-0.15, -0.1) is 0 Å². The quantitative estimate of drug-likeness (QED) is 0.781. The van der Waals surface area contributed by atoms with Crippen LogP contribution in [0.4, 0.5) is 0 Å². The van der Waals surface area contributed by atoms with Gasteiger partial charge in [0.05, 0.1) is 11.8 Å². The molecule has 1 aliphatic heterocycles. The molecule has 2 bridgehead atoms. The molecule has 0 aromatic heterocycles. The number of rotatable bonds is 2. The van der Waals surface area contributed by atoms with Gasteiger partial charge in [0.1, 0.15) is 0 Å². The molecule has 3 fully saturated rings. The van der Waals surface area contributed by atoms with Gasteiger partial charge in [0.25, 0.3) is 0 Å². The summed E-state index contributed by atoms with van der Waals surface area (Å²) in [6.45, 7) is 1.74. The van der Waals surface area contributed by atoms with Gasteiger partial charge in [-0.2, -0.15) is 0 Å². The van der Waals surface area contributed by atoms with Gasteiger partial charge < -0.3 is 10.0 Å². The minimum absolute atomic E-state index is 0.0774. The van der Waals surface area contributed by atoms with E-state index in [2.05, 4.69) is 6.08 Å². The van der Waals surface area contributed by atoms with Crippen LogP contribution in [-0.2, 0) is 9.59 Å². The van der Waals surface area contributed by atoms with Crippen molar-refractivity contribution in [3.05, 3.63) is 12.2 Å². The second-order valence-electron chi connectivity index (χ2n) is 7.03. The second-order valence-corrected chi connectivity index (χ2v) is 7.03. The summed E-state index contributed by atoms with van der Waals surface area (Å²) < 4.78 is 0. The number of carbonyl (C=O) groups excluding carboxylic acids is 1. The average molecular weight is 275 g/mol. The Morgan fingerprint density at radius 2 is 1.60 bits per heavy atom. The van der Waals surface area contributed by atoms with Crippen molar-refractivity contribution < 1.29 is 14.7 Å². The number of likely N-dealkylation sites (tertiary alicyclic amines) is 1. The first-order valence-corrected chi connectivity index (χ1v) is 7.85. The fourth-order valence-electron chi connectivity index (χ4n) is 5.12. The minimum Gasteiger partial charge on any atom is -0.481 e. The SMILES string of the molecule is O=C(O)C1C2C=CC(C2)C1C(=O)N1CC2CCCC2C1. The molecule has 0 aromatic rings. The first kappa shape index (κ1) is 12.4. The lowest BCUT2D eigenvalue weighted by molar-refractivity contribution is -0.150. The lowest BCUT2D eigenvalue weighted by atomic mass is 9.82. The van der Waals surface area contributed by atoms with Crippen molar-refractivity contribution in [1.82, 2.24) is 4.90 Å². The van der Waals surface area contributed by atoms with Crippen molar-refractivity contribution in [2.45, 2.75) is 25.7 Å². The Morgan fingerprint density at radius 3 is 2.20 bits per heavy atom. The highest BCUT2D eigenvalue weighted by atomic mass is 16.4. The van der Waals surface area contributed by atoms with Gasteiger partial charge in [0.2, 0.25) is 5.91 Å². The minimum atomic E-state index is -0.792. The molecule has 2 saturated carbocycles. The van der Waals surface area contributed by atoms with E-state index in [9.17, 15) is 14.7 Å². The largest absolute Gasteiger partial charge is 0.481 e. The zero-order valence-corrected chi connectivity index (χ0v) is 11.6. The van der Waals surface area contributed by atoms with Crippen molar-refractivity contribution in [3.8, 4) is 0 Å². The second kappa shape index (κ2) is 4.34. The van der Waals surface area contributed by atoms with Gasteiger partial charge in [-0.25, -0.2) is 0 Å². The summed E-state index contributed by atoms with van der Waals surface area (Å²) in [7, 11) is 0. The molecule has 4 nitrogen and oxygen atoms in total. The molecule has 4 rings (SSSR count). The summed E-state index contributed by atoms with van der Waals surface area (Å²) in [5, 5.41) is 9.45. The number of fused-ring (bicyclic) bond motifs is 3. The van der Waals surface area contributed by atoms with Gasteiger partial charge in [0, 0.05) is 13.1 Å². The van der Waals surface area contributed by atoms with E-state index in [0.29, 0.717) is 11.8 Å². The molecular formula is C16H21NO3. The third-order valence-corrected chi connectivity index (χ3v) is 6.07. The molecule has 3 aliphatic carbocycles. The maximum absolute atomic E-state index is 12.8. The Morgan fingerprint density at radius 1 is 1.00 bits per heavy atom. The van der Waals surface area contributed by atoms with Crippen LogP contribution >= 0.6 is 0 Å². The number of amides is 1. The molecule has 20 heavy (non-hydrogen) atoms. The number of nitrogens with zero attached hydrogens (tertiary/aromatic N) is 1. The zero-order chi connectivity index (χ0) is 13.9. The molecule has 4 aliphatic rings. The van der Waals surface area contributed by atoms with Gasteiger partial charge in [-0.3, -0.25) is 9.59 Å². The van der Waals surface area contributed by atoms with Crippen LogP contribution in [-0.4, -0.2) is 35.0 Å². The number of allylic oxidation sites excluding steroid dienone is 2. The maximum atomic E-state index is 12.8.